The Morgan fingerprint density at radius 2 is 1.59 bits per heavy atom. The second-order valence-electron chi connectivity index (χ2n) is 7.07. The lowest BCUT2D eigenvalue weighted by Crippen LogP contribution is -2.32. The average Bonchev–Trinajstić information content (AvgIpc) is 3.09. The molecule has 6 nitrogen and oxygen atoms in total. The molecular weight excluding hydrogens is 497 g/mol. The Kier molecular flexibility index (Phi) is 7.57. The number of benzene rings is 3. The van der Waals surface area contributed by atoms with Gasteiger partial charge in [0.15, 0.2) is 0 Å². The normalized spacial score (nSPS) is 14.5. The van der Waals surface area contributed by atoms with Gasteiger partial charge in [0.05, 0.1) is 22.0 Å². The molecule has 172 valence electrons. The average molecular weight is 514 g/mol. The summed E-state index contributed by atoms with van der Waals surface area (Å²) in [5.74, 6) is -0.0269. The van der Waals surface area contributed by atoms with Gasteiger partial charge in [0, 0.05) is 5.02 Å². The number of rotatable bonds is 7. The SMILES string of the molecule is O=C(Oc1ccc(/C=C2\SC(=O)N(CCOc3ccc(Cl)cc3)C2=O)cc1)c1ccccc1Cl. The summed E-state index contributed by atoms with van der Waals surface area (Å²) >= 11 is 12.7. The van der Waals surface area contributed by atoms with Gasteiger partial charge in [0.2, 0.25) is 0 Å². The summed E-state index contributed by atoms with van der Waals surface area (Å²) in [6.45, 7) is 0.292. The summed E-state index contributed by atoms with van der Waals surface area (Å²) in [4.78, 5) is 38.7. The second-order valence-corrected chi connectivity index (χ2v) is 8.91. The second kappa shape index (κ2) is 10.8. The lowest BCUT2D eigenvalue weighted by Gasteiger charge is -2.13. The third-order valence-corrected chi connectivity index (χ3v) is 6.24. The fourth-order valence-electron chi connectivity index (χ4n) is 3.05. The van der Waals surface area contributed by atoms with E-state index in [1.165, 1.54) is 0 Å². The topological polar surface area (TPSA) is 72.9 Å². The number of halogens is 2. The Bertz CT molecular complexity index is 1260. The van der Waals surface area contributed by atoms with Crippen LogP contribution in [0.2, 0.25) is 10.0 Å². The predicted octanol–water partition coefficient (Wildman–Crippen LogP) is 6.33. The number of thioether (sulfide) groups is 1. The van der Waals surface area contributed by atoms with E-state index in [0.717, 1.165) is 16.7 Å². The molecule has 34 heavy (non-hydrogen) atoms. The summed E-state index contributed by atoms with van der Waals surface area (Å²) in [7, 11) is 0. The molecule has 0 bridgehead atoms. The van der Waals surface area contributed by atoms with Gasteiger partial charge in [-0.2, -0.15) is 0 Å². The van der Waals surface area contributed by atoms with Gasteiger partial charge < -0.3 is 9.47 Å². The first-order chi connectivity index (χ1) is 16.4. The molecule has 0 aromatic heterocycles. The van der Waals surface area contributed by atoms with Gasteiger partial charge in [-0.15, -0.1) is 0 Å². The maximum absolute atomic E-state index is 12.7. The molecule has 0 unspecified atom stereocenters. The van der Waals surface area contributed by atoms with Crippen molar-refractivity contribution in [1.29, 1.82) is 0 Å². The van der Waals surface area contributed by atoms with Gasteiger partial charge >= 0.3 is 5.97 Å². The van der Waals surface area contributed by atoms with Gasteiger partial charge in [-0.25, -0.2) is 4.79 Å². The molecule has 0 radical (unpaired) electrons. The zero-order valence-electron chi connectivity index (χ0n) is 17.6. The number of carbonyl (C=O) groups is 3. The molecule has 1 aliphatic heterocycles. The monoisotopic (exact) mass is 513 g/mol. The number of imide groups is 1. The van der Waals surface area contributed by atoms with Crippen molar-refractivity contribution in [3.8, 4) is 11.5 Å². The molecule has 3 aromatic rings. The van der Waals surface area contributed by atoms with Crippen LogP contribution in [-0.4, -0.2) is 35.2 Å². The Morgan fingerprint density at radius 1 is 0.912 bits per heavy atom. The molecular formula is C25H17Cl2NO5S. The number of ether oxygens (including phenoxy) is 2. The Morgan fingerprint density at radius 3 is 2.29 bits per heavy atom. The van der Waals surface area contributed by atoms with Crippen molar-refractivity contribution in [3.63, 3.8) is 0 Å². The highest BCUT2D eigenvalue weighted by atomic mass is 35.5. The van der Waals surface area contributed by atoms with E-state index >= 15 is 0 Å². The first-order valence-corrected chi connectivity index (χ1v) is 11.7. The number of carbonyl (C=O) groups excluding carboxylic acids is 3. The van der Waals surface area contributed by atoms with Crippen LogP contribution in [0.25, 0.3) is 6.08 Å². The highest BCUT2D eigenvalue weighted by molar-refractivity contribution is 8.18. The smallest absolute Gasteiger partial charge is 0.345 e. The van der Waals surface area contributed by atoms with Gasteiger partial charge in [-0.1, -0.05) is 47.5 Å². The molecule has 0 N–H and O–H groups in total. The third-order valence-electron chi connectivity index (χ3n) is 4.75. The van der Waals surface area contributed by atoms with E-state index in [1.807, 2.05) is 0 Å². The summed E-state index contributed by atoms with van der Waals surface area (Å²) in [6.07, 6.45) is 1.62. The molecule has 1 aliphatic rings. The number of nitrogens with zero attached hydrogens (tertiary/aromatic N) is 1. The fourth-order valence-corrected chi connectivity index (χ4v) is 4.25. The standard InChI is InChI=1S/C25H17Cl2NO5S/c26-17-7-11-18(12-8-17)32-14-13-28-23(29)22(34-25(28)31)15-16-5-9-19(10-6-16)33-24(30)20-3-1-2-4-21(20)27/h1-12,15H,13-14H2/b22-15-. The van der Waals surface area contributed by atoms with Crippen molar-refractivity contribution in [1.82, 2.24) is 4.90 Å². The molecule has 1 fully saturated rings. The molecule has 9 heteroatoms. The highest BCUT2D eigenvalue weighted by Gasteiger charge is 2.34. The van der Waals surface area contributed by atoms with Crippen LogP contribution in [0.3, 0.4) is 0 Å². The largest absolute Gasteiger partial charge is 0.492 e. The maximum Gasteiger partial charge on any atom is 0.345 e. The van der Waals surface area contributed by atoms with Gasteiger partial charge in [0.25, 0.3) is 11.1 Å². The maximum atomic E-state index is 12.7. The zero-order valence-corrected chi connectivity index (χ0v) is 19.9. The predicted molar refractivity (Wildman–Crippen MR) is 132 cm³/mol. The molecule has 0 saturated carbocycles. The first-order valence-electron chi connectivity index (χ1n) is 10.1. The Labute approximate surface area is 210 Å². The quantitative estimate of drug-likeness (QED) is 0.209. The van der Waals surface area contributed by atoms with E-state index in [4.69, 9.17) is 32.7 Å². The van der Waals surface area contributed by atoms with Crippen molar-refractivity contribution >= 4 is 58.2 Å². The van der Waals surface area contributed by atoms with E-state index in [0.29, 0.717) is 32.0 Å². The zero-order chi connectivity index (χ0) is 24.1. The Hall–Kier alpha value is -3.26. The number of esters is 1. The lowest BCUT2D eigenvalue weighted by molar-refractivity contribution is -0.123. The van der Waals surface area contributed by atoms with E-state index < -0.39 is 5.97 Å². The summed E-state index contributed by atoms with van der Waals surface area (Å²) in [6, 6.07) is 20.0. The van der Waals surface area contributed by atoms with Crippen molar-refractivity contribution in [2.45, 2.75) is 0 Å². The summed E-state index contributed by atoms with van der Waals surface area (Å²) in [5.41, 5.74) is 0.947. The van der Waals surface area contributed by atoms with Crippen molar-refractivity contribution in [3.05, 3.63) is 98.9 Å². The minimum absolute atomic E-state index is 0.127. The minimum atomic E-state index is -0.569. The number of hydrogen-bond donors (Lipinski definition) is 0. The molecule has 1 heterocycles. The van der Waals surface area contributed by atoms with Crippen molar-refractivity contribution in [2.75, 3.05) is 13.2 Å². The van der Waals surface area contributed by atoms with E-state index in [2.05, 4.69) is 0 Å². The molecule has 4 rings (SSSR count). The lowest BCUT2D eigenvalue weighted by atomic mass is 10.2. The minimum Gasteiger partial charge on any atom is -0.492 e. The molecule has 0 aliphatic carbocycles. The van der Waals surface area contributed by atoms with Crippen molar-refractivity contribution < 1.29 is 23.9 Å². The van der Waals surface area contributed by atoms with Gasteiger partial charge in [-0.3, -0.25) is 14.5 Å². The van der Waals surface area contributed by atoms with Crippen molar-refractivity contribution in [2.24, 2.45) is 0 Å². The van der Waals surface area contributed by atoms with Crippen LogP contribution in [0.5, 0.6) is 11.5 Å². The summed E-state index contributed by atoms with van der Waals surface area (Å²) in [5, 5.41) is 0.537. The first kappa shape index (κ1) is 23.9. The molecule has 2 amide bonds. The molecule has 1 saturated heterocycles. The third kappa shape index (κ3) is 5.80. The fraction of sp³-hybridized carbons (Fsp3) is 0.0800. The van der Waals surface area contributed by atoms with Gasteiger partial charge in [0.1, 0.15) is 18.1 Å². The van der Waals surface area contributed by atoms with E-state index in [9.17, 15) is 14.4 Å². The Balaban J connectivity index is 1.35. The van der Waals surface area contributed by atoms with Crippen LogP contribution < -0.4 is 9.47 Å². The van der Waals surface area contributed by atoms with Gasteiger partial charge in [-0.05, 0) is 71.9 Å². The van der Waals surface area contributed by atoms with E-state index in [-0.39, 0.29) is 29.9 Å². The van der Waals surface area contributed by atoms with Crippen LogP contribution >= 0.6 is 35.0 Å². The molecule has 0 spiro atoms. The van der Waals surface area contributed by atoms with Crippen LogP contribution in [0.4, 0.5) is 4.79 Å². The van der Waals surface area contributed by atoms with E-state index in [1.54, 1.807) is 78.9 Å². The van der Waals surface area contributed by atoms with Crippen LogP contribution in [-0.2, 0) is 4.79 Å². The summed E-state index contributed by atoms with van der Waals surface area (Å²) < 4.78 is 10.9. The molecule has 3 aromatic carbocycles. The van der Waals surface area contributed by atoms with Crippen LogP contribution in [0.15, 0.2) is 77.7 Å². The molecule has 0 atom stereocenters. The number of hydrogen-bond acceptors (Lipinski definition) is 6. The number of amides is 2. The van der Waals surface area contributed by atoms with Crippen LogP contribution in [0.1, 0.15) is 15.9 Å². The highest BCUT2D eigenvalue weighted by Crippen LogP contribution is 2.32. The van der Waals surface area contributed by atoms with Crippen LogP contribution in [0, 0.1) is 0 Å².